The molecule has 34 heavy (non-hydrogen) atoms. The maximum atomic E-state index is 13.6. The molecule has 178 valence electrons. The number of rotatable bonds is 4. The predicted molar refractivity (Wildman–Crippen MR) is 123 cm³/mol. The van der Waals surface area contributed by atoms with Crippen LogP contribution in [-0.4, -0.2) is 67.6 Å². The number of hydrogen-bond donors (Lipinski definition) is 0. The highest BCUT2D eigenvalue weighted by molar-refractivity contribution is 5.94. The molecule has 9 nitrogen and oxygen atoms in total. The lowest BCUT2D eigenvalue weighted by atomic mass is 9.70. The third-order valence-corrected chi connectivity index (χ3v) is 8.40. The zero-order valence-electron chi connectivity index (χ0n) is 20.0. The van der Waals surface area contributed by atoms with Gasteiger partial charge in [-0.15, -0.1) is 5.10 Å². The Morgan fingerprint density at radius 1 is 1.24 bits per heavy atom. The molecule has 1 aromatic carbocycles. The summed E-state index contributed by atoms with van der Waals surface area (Å²) < 4.78 is 7.02. The number of ether oxygens (including phenoxy) is 1. The van der Waals surface area contributed by atoms with Gasteiger partial charge < -0.3 is 9.64 Å². The fourth-order valence-corrected chi connectivity index (χ4v) is 6.50. The number of nitrogens with zero attached hydrogens (tertiary/aromatic N) is 6. The molecule has 6 rings (SSSR count). The molecular formula is C25H30N6O3. The fraction of sp³-hybridized carbons (Fsp3) is 0.560. The van der Waals surface area contributed by atoms with E-state index in [2.05, 4.69) is 52.6 Å². The zero-order chi connectivity index (χ0) is 23.6. The first kappa shape index (κ1) is 21.5. The van der Waals surface area contributed by atoms with Crippen LogP contribution < -0.4 is 0 Å². The molecule has 2 fully saturated rings. The molecule has 1 saturated heterocycles. The molecule has 0 bridgehead atoms. The molecule has 3 aliphatic heterocycles. The Kier molecular flexibility index (Phi) is 4.88. The summed E-state index contributed by atoms with van der Waals surface area (Å²) in [6.45, 7) is 5.68. The van der Waals surface area contributed by atoms with Crippen molar-refractivity contribution in [3.8, 4) is 11.4 Å². The Bertz CT molecular complexity index is 1210. The van der Waals surface area contributed by atoms with E-state index in [1.165, 1.54) is 11.1 Å². The molecule has 2 aromatic rings. The Morgan fingerprint density at radius 2 is 2.03 bits per heavy atom. The van der Waals surface area contributed by atoms with Crippen LogP contribution in [0, 0.1) is 5.41 Å². The summed E-state index contributed by atoms with van der Waals surface area (Å²) in [6, 6.07) is 7.12. The van der Waals surface area contributed by atoms with Gasteiger partial charge in [0.05, 0.1) is 23.2 Å². The van der Waals surface area contributed by atoms with Crippen LogP contribution in [0.1, 0.15) is 57.1 Å². The highest BCUT2D eigenvalue weighted by atomic mass is 16.5. The van der Waals surface area contributed by atoms with E-state index < -0.39 is 0 Å². The topological polar surface area (TPSA) is 93.5 Å². The number of hydrogen-bond acceptors (Lipinski definition) is 7. The average molecular weight is 463 g/mol. The molecule has 4 heterocycles. The third kappa shape index (κ3) is 3.20. The van der Waals surface area contributed by atoms with Crippen LogP contribution in [-0.2, 0) is 27.4 Å². The molecule has 1 spiro atoms. The van der Waals surface area contributed by atoms with Gasteiger partial charge in [0.2, 0.25) is 5.91 Å². The molecule has 1 aliphatic carbocycles. The number of likely N-dealkylation sites (tertiary alicyclic amines) is 1. The van der Waals surface area contributed by atoms with Crippen molar-refractivity contribution in [2.75, 3.05) is 13.7 Å². The van der Waals surface area contributed by atoms with Crippen LogP contribution >= 0.6 is 0 Å². The second-order valence-corrected chi connectivity index (χ2v) is 10.5. The van der Waals surface area contributed by atoms with Gasteiger partial charge in [0.25, 0.3) is 0 Å². The van der Waals surface area contributed by atoms with Crippen LogP contribution in [0.5, 0.6) is 0 Å². The number of amides is 1. The Morgan fingerprint density at radius 3 is 2.76 bits per heavy atom. The smallest absolute Gasteiger partial charge is 0.336 e. The van der Waals surface area contributed by atoms with Crippen LogP contribution in [0.15, 0.2) is 29.5 Å². The summed E-state index contributed by atoms with van der Waals surface area (Å²) in [5.41, 5.74) is 4.69. The van der Waals surface area contributed by atoms with Crippen molar-refractivity contribution >= 4 is 11.9 Å². The maximum absolute atomic E-state index is 13.6. The first-order valence-corrected chi connectivity index (χ1v) is 12.2. The van der Waals surface area contributed by atoms with Crippen molar-refractivity contribution in [2.24, 2.45) is 5.41 Å². The fourth-order valence-electron chi connectivity index (χ4n) is 6.50. The van der Waals surface area contributed by atoms with Gasteiger partial charge in [0.15, 0.2) is 5.82 Å². The Labute approximate surface area is 198 Å². The lowest BCUT2D eigenvalue weighted by Crippen LogP contribution is -2.42. The minimum absolute atomic E-state index is 0.104. The summed E-state index contributed by atoms with van der Waals surface area (Å²) in [5, 5.41) is 11.9. The molecule has 0 radical (unpaired) electrons. The van der Waals surface area contributed by atoms with Crippen molar-refractivity contribution in [3.63, 3.8) is 0 Å². The van der Waals surface area contributed by atoms with Gasteiger partial charge in [-0.25, -0.2) is 9.48 Å². The highest BCUT2D eigenvalue weighted by Gasteiger charge is 2.53. The van der Waals surface area contributed by atoms with Gasteiger partial charge >= 0.3 is 5.97 Å². The van der Waals surface area contributed by atoms with E-state index in [0.29, 0.717) is 11.6 Å². The number of tetrazole rings is 1. The first-order valence-electron chi connectivity index (χ1n) is 12.2. The van der Waals surface area contributed by atoms with E-state index in [0.717, 1.165) is 62.3 Å². The van der Waals surface area contributed by atoms with Gasteiger partial charge in [-0.2, -0.15) is 0 Å². The van der Waals surface area contributed by atoms with Crippen molar-refractivity contribution < 1.29 is 14.3 Å². The molecule has 1 atom stereocenters. The van der Waals surface area contributed by atoms with Gasteiger partial charge in [-0.3, -0.25) is 9.69 Å². The van der Waals surface area contributed by atoms with E-state index in [9.17, 15) is 9.59 Å². The lowest BCUT2D eigenvalue weighted by molar-refractivity contribution is -0.139. The van der Waals surface area contributed by atoms with Crippen LogP contribution in [0.25, 0.3) is 11.4 Å². The van der Waals surface area contributed by atoms with Crippen molar-refractivity contribution in [1.82, 2.24) is 30.0 Å². The van der Waals surface area contributed by atoms with Crippen LogP contribution in [0.4, 0.5) is 0 Å². The summed E-state index contributed by atoms with van der Waals surface area (Å²) in [6.07, 6.45) is 4.66. The van der Waals surface area contributed by atoms with Crippen molar-refractivity contribution in [1.29, 1.82) is 0 Å². The summed E-state index contributed by atoms with van der Waals surface area (Å²) >= 11 is 0. The lowest BCUT2D eigenvalue weighted by Gasteiger charge is -2.39. The largest absolute Gasteiger partial charge is 0.456 e. The van der Waals surface area contributed by atoms with E-state index in [1.807, 2.05) is 9.58 Å². The second kappa shape index (κ2) is 7.73. The van der Waals surface area contributed by atoms with Gasteiger partial charge in [-0.1, -0.05) is 18.2 Å². The van der Waals surface area contributed by atoms with Gasteiger partial charge in [0.1, 0.15) is 6.61 Å². The standard InChI is InChI=1S/C25H30N6O3/c1-15-11-25(24(33)31(15)21-14-34-23(32)16(21)2)8-6-19(7-9-25)29(3)12-17-4-5-20-18(10-17)13-30-22(20)26-27-28-30/h4-5,10,15,19H,6-9,11-14H2,1-3H3/t15-,19?,25?/m1/s1. The number of aromatic nitrogens is 4. The summed E-state index contributed by atoms with van der Waals surface area (Å²) in [7, 11) is 2.19. The molecule has 1 saturated carbocycles. The Balaban J connectivity index is 1.11. The van der Waals surface area contributed by atoms with Crippen LogP contribution in [0.3, 0.4) is 0 Å². The van der Waals surface area contributed by atoms with Gasteiger partial charge in [0, 0.05) is 24.2 Å². The maximum Gasteiger partial charge on any atom is 0.336 e. The van der Waals surface area contributed by atoms with Crippen LogP contribution in [0.2, 0.25) is 0 Å². The first-order chi connectivity index (χ1) is 16.4. The second-order valence-electron chi connectivity index (χ2n) is 10.5. The number of fused-ring (bicyclic) bond motifs is 3. The molecule has 0 unspecified atom stereocenters. The Hall–Kier alpha value is -3.07. The van der Waals surface area contributed by atoms with Crippen molar-refractivity contribution in [2.45, 2.75) is 71.1 Å². The van der Waals surface area contributed by atoms with E-state index in [4.69, 9.17) is 4.74 Å². The van der Waals surface area contributed by atoms with E-state index >= 15 is 0 Å². The monoisotopic (exact) mass is 462 g/mol. The minimum atomic E-state index is -0.301. The molecule has 1 amide bonds. The number of carbonyl (C=O) groups is 2. The molecule has 0 N–H and O–H groups in total. The van der Waals surface area contributed by atoms with Crippen molar-refractivity contribution in [3.05, 3.63) is 40.6 Å². The quantitative estimate of drug-likeness (QED) is 0.550. The number of carbonyl (C=O) groups excluding carboxylic acids is 2. The summed E-state index contributed by atoms with van der Waals surface area (Å²) in [5.74, 6) is 0.732. The number of cyclic esters (lactones) is 1. The SMILES string of the molecule is CC1=C(N2C(=O)C3(CCC(N(C)Cc4ccc5c(c4)Cn4nnnc4-5)CC3)C[C@H]2C)COC1=O. The summed E-state index contributed by atoms with van der Waals surface area (Å²) in [4.78, 5) is 29.7. The molecule has 1 aromatic heterocycles. The van der Waals surface area contributed by atoms with E-state index in [1.54, 1.807) is 6.92 Å². The van der Waals surface area contributed by atoms with E-state index in [-0.39, 0.29) is 29.9 Å². The zero-order valence-corrected chi connectivity index (χ0v) is 20.0. The molecular weight excluding hydrogens is 432 g/mol. The third-order valence-electron chi connectivity index (χ3n) is 8.40. The number of benzene rings is 1. The predicted octanol–water partition coefficient (Wildman–Crippen LogP) is 2.51. The van der Waals surface area contributed by atoms with Gasteiger partial charge in [-0.05, 0) is 74.6 Å². The average Bonchev–Trinajstić information content (AvgIpc) is 3.54. The molecule has 4 aliphatic rings. The normalized spacial score (nSPS) is 28.3. The minimum Gasteiger partial charge on any atom is -0.456 e. The highest BCUT2D eigenvalue weighted by Crippen LogP contribution is 2.49. The number of esters is 1. The molecule has 9 heteroatoms.